The van der Waals surface area contributed by atoms with Crippen LogP contribution in [0.3, 0.4) is 0 Å². The highest BCUT2D eigenvalue weighted by Gasteiger charge is 2.17. The second-order valence-corrected chi connectivity index (χ2v) is 4.28. The van der Waals surface area contributed by atoms with Crippen LogP contribution in [0.4, 0.5) is 0 Å². The molecule has 88 valence electrons. The van der Waals surface area contributed by atoms with E-state index in [9.17, 15) is 0 Å². The molecule has 1 N–H and O–H groups in total. The summed E-state index contributed by atoms with van der Waals surface area (Å²) in [5.41, 5.74) is 1.06. The van der Waals surface area contributed by atoms with E-state index in [-0.39, 0.29) is 0 Å². The molecular formula is C13H15N3O. The first-order valence-corrected chi connectivity index (χ1v) is 6.04. The van der Waals surface area contributed by atoms with Crippen LogP contribution in [0.1, 0.15) is 31.0 Å². The van der Waals surface area contributed by atoms with Crippen LogP contribution in [0.25, 0.3) is 11.6 Å². The molecule has 4 nitrogen and oxygen atoms in total. The first-order valence-electron chi connectivity index (χ1n) is 6.04. The molecule has 3 heterocycles. The fourth-order valence-electron chi connectivity index (χ4n) is 2.20. The highest BCUT2D eigenvalue weighted by Crippen LogP contribution is 2.23. The molecule has 1 fully saturated rings. The van der Waals surface area contributed by atoms with Gasteiger partial charge in [0.15, 0.2) is 11.6 Å². The zero-order valence-electron chi connectivity index (χ0n) is 9.60. The fraction of sp³-hybridized carbons (Fsp3) is 0.385. The Labute approximate surface area is 100 Å². The summed E-state index contributed by atoms with van der Waals surface area (Å²) in [7, 11) is 0. The first-order chi connectivity index (χ1) is 8.43. The lowest BCUT2D eigenvalue weighted by Gasteiger charge is -2.22. The molecule has 1 aliphatic heterocycles. The molecule has 3 rings (SSSR count). The summed E-state index contributed by atoms with van der Waals surface area (Å²) >= 11 is 0. The molecule has 1 unspecified atom stereocenters. The van der Waals surface area contributed by atoms with Crippen molar-refractivity contribution in [2.45, 2.75) is 25.3 Å². The summed E-state index contributed by atoms with van der Waals surface area (Å²) in [6, 6.07) is 6.08. The highest BCUT2D eigenvalue weighted by atomic mass is 16.3. The van der Waals surface area contributed by atoms with E-state index in [4.69, 9.17) is 4.42 Å². The van der Waals surface area contributed by atoms with Gasteiger partial charge in [-0.2, -0.15) is 0 Å². The quantitative estimate of drug-likeness (QED) is 0.859. The van der Waals surface area contributed by atoms with Crippen molar-refractivity contribution >= 4 is 0 Å². The summed E-state index contributed by atoms with van der Waals surface area (Å²) in [6.07, 6.45) is 7.11. The minimum absolute atomic E-state index is 0.362. The van der Waals surface area contributed by atoms with Crippen LogP contribution in [-0.4, -0.2) is 16.5 Å². The van der Waals surface area contributed by atoms with Crippen molar-refractivity contribution < 1.29 is 4.42 Å². The topological polar surface area (TPSA) is 51.0 Å². The van der Waals surface area contributed by atoms with Gasteiger partial charge in [-0.15, -0.1) is 0 Å². The van der Waals surface area contributed by atoms with Crippen LogP contribution in [-0.2, 0) is 0 Å². The van der Waals surface area contributed by atoms with Crippen molar-refractivity contribution in [3.63, 3.8) is 0 Å². The van der Waals surface area contributed by atoms with Gasteiger partial charge in [0.25, 0.3) is 0 Å². The Balaban J connectivity index is 1.88. The number of piperidine rings is 1. The molecule has 17 heavy (non-hydrogen) atoms. The molecule has 4 heteroatoms. The molecule has 0 amide bonds. The maximum absolute atomic E-state index is 5.32. The van der Waals surface area contributed by atoms with E-state index in [1.54, 1.807) is 12.5 Å². The van der Waals surface area contributed by atoms with Gasteiger partial charge in [0.05, 0.1) is 12.0 Å². The van der Waals surface area contributed by atoms with Gasteiger partial charge in [-0.1, -0.05) is 6.42 Å². The Kier molecular flexibility index (Phi) is 2.88. The molecule has 0 aromatic carbocycles. The Morgan fingerprint density at radius 3 is 3.06 bits per heavy atom. The lowest BCUT2D eigenvalue weighted by molar-refractivity contribution is 0.405. The fourth-order valence-corrected chi connectivity index (χ4v) is 2.20. The first kappa shape index (κ1) is 10.5. The lowest BCUT2D eigenvalue weighted by Crippen LogP contribution is -2.27. The lowest BCUT2D eigenvalue weighted by atomic mass is 10.0. The van der Waals surface area contributed by atoms with Gasteiger partial charge in [-0.3, -0.25) is 0 Å². The number of furan rings is 1. The standard InChI is InChI=1S/C13H15N3O/c1-2-7-14-10(4-1)11-6-8-15-13(16-11)12-5-3-9-17-12/h3,5-6,8-10,14H,1-2,4,7H2. The second-order valence-electron chi connectivity index (χ2n) is 4.28. The normalized spacial score (nSPS) is 20.4. The van der Waals surface area contributed by atoms with Crippen molar-refractivity contribution in [2.75, 3.05) is 6.54 Å². The van der Waals surface area contributed by atoms with Crippen LogP contribution >= 0.6 is 0 Å². The molecule has 0 aliphatic carbocycles. The van der Waals surface area contributed by atoms with Gasteiger partial charge in [0, 0.05) is 12.2 Å². The number of rotatable bonds is 2. The smallest absolute Gasteiger partial charge is 0.195 e. The molecule has 0 radical (unpaired) electrons. The molecule has 1 aliphatic rings. The number of aromatic nitrogens is 2. The van der Waals surface area contributed by atoms with Crippen molar-refractivity contribution in [1.29, 1.82) is 0 Å². The average molecular weight is 229 g/mol. The summed E-state index contributed by atoms with van der Waals surface area (Å²) in [5.74, 6) is 1.39. The van der Waals surface area contributed by atoms with Crippen LogP contribution in [0.2, 0.25) is 0 Å². The van der Waals surface area contributed by atoms with Crippen LogP contribution in [0.15, 0.2) is 35.1 Å². The predicted octanol–water partition coefficient (Wildman–Crippen LogP) is 2.55. The minimum atomic E-state index is 0.362. The van der Waals surface area contributed by atoms with Gasteiger partial charge in [0.2, 0.25) is 0 Å². The highest BCUT2D eigenvalue weighted by molar-refractivity contribution is 5.45. The Morgan fingerprint density at radius 2 is 2.29 bits per heavy atom. The van der Waals surface area contributed by atoms with Crippen molar-refractivity contribution in [3.8, 4) is 11.6 Å². The van der Waals surface area contributed by atoms with E-state index >= 15 is 0 Å². The van der Waals surface area contributed by atoms with Gasteiger partial charge < -0.3 is 9.73 Å². The van der Waals surface area contributed by atoms with E-state index in [1.165, 1.54) is 12.8 Å². The Morgan fingerprint density at radius 1 is 1.29 bits per heavy atom. The zero-order valence-corrected chi connectivity index (χ0v) is 9.60. The maximum atomic E-state index is 5.32. The van der Waals surface area contributed by atoms with Gasteiger partial charge in [0.1, 0.15) is 0 Å². The van der Waals surface area contributed by atoms with Crippen molar-refractivity contribution in [2.24, 2.45) is 0 Å². The zero-order chi connectivity index (χ0) is 11.5. The van der Waals surface area contributed by atoms with Crippen molar-refractivity contribution in [1.82, 2.24) is 15.3 Å². The van der Waals surface area contributed by atoms with E-state index in [0.29, 0.717) is 11.9 Å². The monoisotopic (exact) mass is 229 g/mol. The molecule has 0 spiro atoms. The maximum Gasteiger partial charge on any atom is 0.195 e. The summed E-state index contributed by atoms with van der Waals surface area (Å²) < 4.78 is 5.32. The van der Waals surface area contributed by atoms with Gasteiger partial charge >= 0.3 is 0 Å². The van der Waals surface area contributed by atoms with Crippen LogP contribution < -0.4 is 5.32 Å². The average Bonchev–Trinajstić information content (AvgIpc) is 2.94. The summed E-state index contributed by atoms with van der Waals surface area (Å²) in [5, 5.41) is 3.49. The molecule has 1 saturated heterocycles. The van der Waals surface area contributed by atoms with Crippen molar-refractivity contribution in [3.05, 3.63) is 36.4 Å². The molecule has 0 saturated carbocycles. The van der Waals surface area contributed by atoms with E-state index in [1.807, 2.05) is 18.2 Å². The van der Waals surface area contributed by atoms with Crippen LogP contribution in [0.5, 0.6) is 0 Å². The summed E-state index contributed by atoms with van der Waals surface area (Å²) in [6.45, 7) is 1.07. The number of nitrogens with zero attached hydrogens (tertiary/aromatic N) is 2. The molecule has 2 aromatic heterocycles. The Bertz CT molecular complexity index is 475. The third-order valence-corrected chi connectivity index (χ3v) is 3.09. The second kappa shape index (κ2) is 4.67. The minimum Gasteiger partial charge on any atom is -0.461 e. The number of nitrogens with one attached hydrogen (secondary N) is 1. The van der Waals surface area contributed by atoms with E-state index < -0.39 is 0 Å². The largest absolute Gasteiger partial charge is 0.461 e. The third-order valence-electron chi connectivity index (χ3n) is 3.09. The van der Waals surface area contributed by atoms with Gasteiger partial charge in [-0.05, 0) is 37.6 Å². The summed E-state index contributed by atoms with van der Waals surface area (Å²) in [4.78, 5) is 8.82. The molecular weight excluding hydrogens is 214 g/mol. The Hall–Kier alpha value is -1.68. The number of hydrogen-bond acceptors (Lipinski definition) is 4. The van der Waals surface area contributed by atoms with E-state index in [0.717, 1.165) is 24.4 Å². The molecule has 2 aromatic rings. The third kappa shape index (κ3) is 2.22. The predicted molar refractivity (Wildman–Crippen MR) is 64.3 cm³/mol. The molecule has 1 atom stereocenters. The van der Waals surface area contributed by atoms with Gasteiger partial charge in [-0.25, -0.2) is 9.97 Å². The van der Waals surface area contributed by atoms with Crippen LogP contribution in [0, 0.1) is 0 Å². The van der Waals surface area contributed by atoms with E-state index in [2.05, 4.69) is 15.3 Å². The number of hydrogen-bond donors (Lipinski definition) is 1. The molecule has 0 bridgehead atoms. The SMILES string of the molecule is c1coc(-c2nccc(C3CCCCN3)n2)c1.